The van der Waals surface area contributed by atoms with E-state index in [1.54, 1.807) is 6.07 Å². The Labute approximate surface area is 183 Å². The Bertz CT molecular complexity index is 1040. The van der Waals surface area contributed by atoms with Gasteiger partial charge in [0.25, 0.3) is 0 Å². The van der Waals surface area contributed by atoms with Gasteiger partial charge in [0.05, 0.1) is 10.5 Å². The zero-order chi connectivity index (χ0) is 24.6. The lowest BCUT2D eigenvalue weighted by Crippen LogP contribution is -2.49. The van der Waals surface area contributed by atoms with Crippen molar-refractivity contribution in [1.29, 1.82) is 0 Å². The summed E-state index contributed by atoms with van der Waals surface area (Å²) in [6.45, 7) is 1.81. The fraction of sp³-hybridized carbons (Fsp3) is 0.474. The number of alkyl halides is 6. The number of aromatic nitrogens is 2. The average Bonchev–Trinajstić information content (AvgIpc) is 3.05. The molecule has 33 heavy (non-hydrogen) atoms. The van der Waals surface area contributed by atoms with Gasteiger partial charge in [-0.25, -0.2) is 0 Å². The molecule has 3 rings (SSSR count). The number of carbonyl (C=O) groups excluding carboxylic acids is 1. The summed E-state index contributed by atoms with van der Waals surface area (Å²) < 4.78 is 78.4. The molecule has 1 aromatic heterocycles. The van der Waals surface area contributed by atoms with E-state index in [-0.39, 0.29) is 25.3 Å². The number of hydrogen-bond acceptors (Lipinski definition) is 5. The first-order valence-corrected chi connectivity index (χ1v) is 9.72. The van der Waals surface area contributed by atoms with E-state index in [1.165, 1.54) is 11.0 Å². The highest BCUT2D eigenvalue weighted by molar-refractivity contribution is 5.76. The van der Waals surface area contributed by atoms with E-state index in [4.69, 9.17) is 0 Å². The van der Waals surface area contributed by atoms with Crippen LogP contribution < -0.4 is 0 Å². The topological polar surface area (TPSA) is 84.5 Å². The van der Waals surface area contributed by atoms with Gasteiger partial charge in [-0.15, -0.1) is 0 Å². The maximum atomic E-state index is 13.1. The Morgan fingerprint density at radius 2 is 1.73 bits per heavy atom. The zero-order valence-electron chi connectivity index (χ0n) is 17.3. The molecule has 0 atom stereocenters. The fourth-order valence-corrected chi connectivity index (χ4v) is 3.59. The number of nitrogens with zero attached hydrogens (tertiary/aromatic N) is 5. The summed E-state index contributed by atoms with van der Waals surface area (Å²) >= 11 is 0. The smallest absolute Gasteiger partial charge is 0.339 e. The molecule has 1 aromatic carbocycles. The number of benzene rings is 1. The number of piperazine rings is 1. The van der Waals surface area contributed by atoms with Crippen molar-refractivity contribution in [3.05, 3.63) is 56.9 Å². The molecule has 1 fully saturated rings. The molecule has 2 heterocycles. The molecule has 1 aliphatic heterocycles. The molecular weight excluding hydrogens is 460 g/mol. The summed E-state index contributed by atoms with van der Waals surface area (Å²) in [5.74, 6) is -0.567. The fourth-order valence-electron chi connectivity index (χ4n) is 3.59. The summed E-state index contributed by atoms with van der Waals surface area (Å²) in [5.41, 5.74) is -3.53. The number of amides is 1. The van der Waals surface area contributed by atoms with Crippen molar-refractivity contribution in [2.24, 2.45) is 0 Å². The first kappa shape index (κ1) is 24.5. The van der Waals surface area contributed by atoms with Gasteiger partial charge >= 0.3 is 18.0 Å². The number of halogens is 6. The maximum absolute atomic E-state index is 13.1. The van der Waals surface area contributed by atoms with E-state index < -0.39 is 46.7 Å². The summed E-state index contributed by atoms with van der Waals surface area (Å²) in [6.07, 6.45) is -9.50. The molecule has 1 amide bonds. The molecule has 0 radical (unpaired) electrons. The van der Waals surface area contributed by atoms with Gasteiger partial charge in [0.2, 0.25) is 11.6 Å². The van der Waals surface area contributed by atoms with Gasteiger partial charge in [-0.3, -0.25) is 24.5 Å². The van der Waals surface area contributed by atoms with Crippen LogP contribution in [-0.4, -0.2) is 56.6 Å². The molecule has 1 aliphatic rings. The zero-order valence-corrected chi connectivity index (χ0v) is 17.3. The molecule has 2 aromatic rings. The van der Waals surface area contributed by atoms with Crippen LogP contribution in [0.3, 0.4) is 0 Å². The Balaban J connectivity index is 1.62. The van der Waals surface area contributed by atoms with Gasteiger partial charge in [-0.05, 0) is 18.6 Å². The summed E-state index contributed by atoms with van der Waals surface area (Å²) in [6, 6.07) is 4.92. The van der Waals surface area contributed by atoms with E-state index in [2.05, 4.69) is 5.10 Å². The van der Waals surface area contributed by atoms with E-state index in [0.717, 1.165) is 19.1 Å². The molecule has 14 heteroatoms. The molecule has 0 bridgehead atoms. The lowest BCUT2D eigenvalue weighted by Gasteiger charge is -2.34. The van der Waals surface area contributed by atoms with Gasteiger partial charge in [-0.1, -0.05) is 18.2 Å². The minimum absolute atomic E-state index is 0.201. The van der Waals surface area contributed by atoms with E-state index >= 15 is 0 Å². The van der Waals surface area contributed by atoms with E-state index in [0.29, 0.717) is 23.3 Å². The second-order valence-corrected chi connectivity index (χ2v) is 7.55. The van der Waals surface area contributed by atoms with Crippen molar-refractivity contribution in [1.82, 2.24) is 19.6 Å². The van der Waals surface area contributed by atoms with Crippen molar-refractivity contribution in [3.8, 4) is 0 Å². The standard InChI is InChI=1S/C19H19F6N5O3/c1-12-16(30(32)33)17(19(23,24)25)26-29(12)11-15(31)28-7-5-27(6-8-28)10-13-3-2-4-14(9-13)18(20,21)22/h2-4,9H,5-8,10-11H2,1H3. The third kappa shape index (κ3) is 5.61. The minimum atomic E-state index is -5.05. The van der Waals surface area contributed by atoms with E-state index in [9.17, 15) is 41.3 Å². The first-order valence-electron chi connectivity index (χ1n) is 9.72. The van der Waals surface area contributed by atoms with Crippen molar-refractivity contribution in [2.75, 3.05) is 26.2 Å². The number of hydrogen-bond donors (Lipinski definition) is 0. The van der Waals surface area contributed by atoms with Crippen molar-refractivity contribution in [3.63, 3.8) is 0 Å². The lowest BCUT2D eigenvalue weighted by molar-refractivity contribution is -0.388. The molecule has 1 saturated heterocycles. The van der Waals surface area contributed by atoms with Crippen LogP contribution in [0.2, 0.25) is 0 Å². The second kappa shape index (κ2) is 9.00. The summed E-state index contributed by atoms with van der Waals surface area (Å²) in [5, 5.41) is 14.3. The number of nitro groups is 1. The molecule has 0 aliphatic carbocycles. The lowest BCUT2D eigenvalue weighted by atomic mass is 10.1. The SMILES string of the molecule is Cc1c([N+](=O)[O-])c(C(F)(F)F)nn1CC(=O)N1CCN(Cc2cccc(C(F)(F)F)c2)CC1. The third-order valence-electron chi connectivity index (χ3n) is 5.30. The maximum Gasteiger partial charge on any atom is 0.442 e. The highest BCUT2D eigenvalue weighted by atomic mass is 19.4. The van der Waals surface area contributed by atoms with Crippen molar-refractivity contribution in [2.45, 2.75) is 32.4 Å². The molecule has 0 N–H and O–H groups in total. The normalized spacial score (nSPS) is 15.7. The van der Waals surface area contributed by atoms with Crippen LogP contribution in [0.15, 0.2) is 24.3 Å². The van der Waals surface area contributed by atoms with Crippen LogP contribution in [0.1, 0.15) is 22.5 Å². The average molecular weight is 479 g/mol. The second-order valence-electron chi connectivity index (χ2n) is 7.55. The predicted molar refractivity (Wildman–Crippen MR) is 102 cm³/mol. The van der Waals surface area contributed by atoms with Gasteiger partial charge in [0.15, 0.2) is 0 Å². The molecule has 0 unspecified atom stereocenters. The van der Waals surface area contributed by atoms with Crippen LogP contribution in [0.25, 0.3) is 0 Å². The summed E-state index contributed by atoms with van der Waals surface area (Å²) in [7, 11) is 0. The Morgan fingerprint density at radius 1 is 1.09 bits per heavy atom. The van der Waals surface area contributed by atoms with Gasteiger partial charge in [-0.2, -0.15) is 31.4 Å². The predicted octanol–water partition coefficient (Wildman–Crippen LogP) is 3.48. The molecule has 0 saturated carbocycles. The van der Waals surface area contributed by atoms with Gasteiger partial charge in [0.1, 0.15) is 12.2 Å². The third-order valence-corrected chi connectivity index (χ3v) is 5.30. The van der Waals surface area contributed by atoms with Crippen LogP contribution in [0.5, 0.6) is 0 Å². The quantitative estimate of drug-likeness (QED) is 0.373. The Hall–Kier alpha value is -3.16. The minimum Gasteiger partial charge on any atom is -0.339 e. The van der Waals surface area contributed by atoms with E-state index in [1.807, 2.05) is 4.90 Å². The Morgan fingerprint density at radius 3 is 2.24 bits per heavy atom. The summed E-state index contributed by atoms with van der Waals surface area (Å²) in [4.78, 5) is 25.6. The monoisotopic (exact) mass is 479 g/mol. The first-order chi connectivity index (χ1) is 15.3. The van der Waals surface area contributed by atoms with Gasteiger partial charge < -0.3 is 4.90 Å². The molecular formula is C19H19F6N5O3. The van der Waals surface area contributed by atoms with Crippen LogP contribution in [0.4, 0.5) is 32.0 Å². The molecule has 8 nitrogen and oxygen atoms in total. The van der Waals surface area contributed by atoms with Gasteiger partial charge in [0, 0.05) is 32.7 Å². The highest BCUT2D eigenvalue weighted by Gasteiger charge is 2.44. The largest absolute Gasteiger partial charge is 0.442 e. The van der Waals surface area contributed by atoms with Crippen LogP contribution in [-0.2, 0) is 30.2 Å². The number of rotatable bonds is 5. The van der Waals surface area contributed by atoms with Crippen molar-refractivity contribution < 1.29 is 36.1 Å². The van der Waals surface area contributed by atoms with Crippen LogP contribution in [0, 0.1) is 17.0 Å². The molecule has 0 spiro atoms. The number of carbonyl (C=O) groups is 1. The van der Waals surface area contributed by atoms with Crippen LogP contribution >= 0.6 is 0 Å². The molecule has 180 valence electrons. The van der Waals surface area contributed by atoms with Crippen molar-refractivity contribution >= 4 is 11.6 Å². The Kier molecular flexibility index (Phi) is 6.68. The highest BCUT2D eigenvalue weighted by Crippen LogP contribution is 2.37.